The van der Waals surface area contributed by atoms with Crippen LogP contribution in [-0.2, 0) is 9.59 Å². The van der Waals surface area contributed by atoms with Crippen molar-refractivity contribution >= 4 is 17.8 Å². The first-order valence-corrected chi connectivity index (χ1v) is 7.56. The molecule has 0 heterocycles. The molecule has 6 heteroatoms. The second-order valence-corrected chi connectivity index (χ2v) is 5.10. The van der Waals surface area contributed by atoms with Crippen molar-refractivity contribution in [3.8, 4) is 0 Å². The zero-order chi connectivity index (χ0) is 18.6. The van der Waals surface area contributed by atoms with Gasteiger partial charge in [-0.2, -0.15) is 0 Å². The molecule has 0 fully saturated rings. The van der Waals surface area contributed by atoms with Gasteiger partial charge in [-0.1, -0.05) is 51.9 Å². The first kappa shape index (κ1) is 14.4. The van der Waals surface area contributed by atoms with Crippen molar-refractivity contribution in [2.24, 2.45) is 0 Å². The molecule has 0 bridgehead atoms. The number of aliphatic carboxylic acids is 1. The maximum atomic E-state index is 11.7. The third-order valence-corrected chi connectivity index (χ3v) is 3.08. The Hall–Kier alpha value is -1.59. The minimum atomic E-state index is -2.79. The molecule has 122 valence electrons. The Morgan fingerprint density at radius 2 is 1.71 bits per heavy atom. The Bertz CT molecular complexity index is 415. The van der Waals surface area contributed by atoms with Crippen LogP contribution < -0.4 is 5.32 Å². The number of rotatable bonds is 11. The molecule has 0 unspecified atom stereocenters. The van der Waals surface area contributed by atoms with Crippen LogP contribution in [0.25, 0.3) is 0 Å². The minimum absolute atomic E-state index is 0.194. The summed E-state index contributed by atoms with van der Waals surface area (Å²) in [5, 5.41) is 18.5. The van der Waals surface area contributed by atoms with Gasteiger partial charge in [-0.3, -0.25) is 20.3 Å². The number of hydrogen-bond donors (Lipinski definition) is 3. The number of carboxylic acid groups (broad SMARTS) is 1. The molecule has 0 atom stereocenters. The van der Waals surface area contributed by atoms with Gasteiger partial charge in [-0.25, -0.2) is 0 Å². The lowest BCUT2D eigenvalue weighted by Gasteiger charge is -2.17. The van der Waals surface area contributed by atoms with Crippen LogP contribution in [0.2, 0.25) is 0 Å². The number of nitrogens with one attached hydrogen (secondary N) is 2. The zero-order valence-electron chi connectivity index (χ0n) is 15.8. The number of carbonyl (C=O) groups is 2. The van der Waals surface area contributed by atoms with E-state index in [0.717, 1.165) is 19.3 Å². The minimum Gasteiger partial charge on any atom is -0.480 e. The highest BCUT2D eigenvalue weighted by Gasteiger charge is 2.11. The van der Waals surface area contributed by atoms with Crippen molar-refractivity contribution in [3.05, 3.63) is 0 Å². The van der Waals surface area contributed by atoms with Gasteiger partial charge in [0.15, 0.2) is 5.96 Å². The van der Waals surface area contributed by atoms with Gasteiger partial charge in [0.05, 0.1) is 0 Å². The molecule has 21 heavy (non-hydrogen) atoms. The van der Waals surface area contributed by atoms with E-state index >= 15 is 0 Å². The van der Waals surface area contributed by atoms with Crippen molar-refractivity contribution < 1.29 is 18.8 Å². The SMILES string of the molecule is [2H]C([2H])([2H])N(CC(=O)O)C(=N)NC(=O)CCCCCCCCCC. The van der Waals surface area contributed by atoms with E-state index in [2.05, 4.69) is 12.2 Å². The lowest BCUT2D eigenvalue weighted by Crippen LogP contribution is -2.43. The molecular weight excluding hydrogens is 270 g/mol. The van der Waals surface area contributed by atoms with Crippen LogP contribution in [0.1, 0.15) is 68.8 Å². The number of unbranched alkanes of at least 4 members (excludes halogenated alkanes) is 7. The Morgan fingerprint density at radius 3 is 2.24 bits per heavy atom. The zero-order valence-corrected chi connectivity index (χ0v) is 12.8. The maximum absolute atomic E-state index is 11.7. The smallest absolute Gasteiger partial charge is 0.323 e. The van der Waals surface area contributed by atoms with E-state index in [4.69, 9.17) is 14.6 Å². The predicted octanol–water partition coefficient (Wildman–Crippen LogP) is 2.58. The van der Waals surface area contributed by atoms with Crippen LogP contribution in [0.4, 0.5) is 0 Å². The fourth-order valence-electron chi connectivity index (χ4n) is 1.90. The molecule has 0 aromatic rings. The monoisotopic (exact) mass is 302 g/mol. The van der Waals surface area contributed by atoms with Crippen molar-refractivity contribution in [1.29, 1.82) is 5.41 Å². The Morgan fingerprint density at radius 1 is 1.14 bits per heavy atom. The number of carboxylic acids is 1. The molecule has 0 aliphatic rings. The normalized spacial score (nSPS) is 12.9. The van der Waals surface area contributed by atoms with E-state index < -0.39 is 31.4 Å². The molecule has 0 aliphatic carbocycles. The standard InChI is InChI=1S/C15H29N3O3/c1-3-4-5-6-7-8-9-10-11-13(19)17-15(16)18(2)12-14(20)21/h3-12H2,1-2H3,(H,20,21)(H2,16,17,19)/i2D3. The predicted molar refractivity (Wildman–Crippen MR) is 83.4 cm³/mol. The van der Waals surface area contributed by atoms with E-state index in [1.807, 2.05) is 0 Å². The van der Waals surface area contributed by atoms with Gasteiger partial charge in [0.25, 0.3) is 0 Å². The van der Waals surface area contributed by atoms with Crippen LogP contribution in [0.15, 0.2) is 0 Å². The molecule has 6 nitrogen and oxygen atoms in total. The number of nitrogens with zero attached hydrogens (tertiary/aromatic N) is 1. The number of likely N-dealkylation sites (N-methyl/N-ethyl adjacent to an activating group) is 1. The summed E-state index contributed by atoms with van der Waals surface area (Å²) >= 11 is 0. The number of amides is 1. The summed E-state index contributed by atoms with van der Waals surface area (Å²) in [5.41, 5.74) is 0. The van der Waals surface area contributed by atoms with E-state index in [-0.39, 0.29) is 6.42 Å². The summed E-state index contributed by atoms with van der Waals surface area (Å²) < 4.78 is 21.7. The molecule has 1 amide bonds. The summed E-state index contributed by atoms with van der Waals surface area (Å²) in [7, 11) is 0. The summed E-state index contributed by atoms with van der Waals surface area (Å²) in [6.45, 7) is -1.49. The largest absolute Gasteiger partial charge is 0.480 e. The second kappa shape index (κ2) is 12.2. The van der Waals surface area contributed by atoms with Crippen molar-refractivity contribution in [3.63, 3.8) is 0 Å². The topological polar surface area (TPSA) is 93.5 Å². The highest BCUT2D eigenvalue weighted by atomic mass is 16.4. The second-order valence-electron chi connectivity index (χ2n) is 5.10. The van der Waals surface area contributed by atoms with E-state index in [0.29, 0.717) is 11.3 Å². The first-order valence-electron chi connectivity index (χ1n) is 9.06. The molecule has 0 rings (SSSR count). The van der Waals surface area contributed by atoms with Gasteiger partial charge < -0.3 is 10.0 Å². The fourth-order valence-corrected chi connectivity index (χ4v) is 1.90. The average molecular weight is 302 g/mol. The van der Waals surface area contributed by atoms with Gasteiger partial charge in [-0.05, 0) is 6.42 Å². The molecule has 0 saturated heterocycles. The van der Waals surface area contributed by atoms with E-state index in [1.165, 1.54) is 25.7 Å². The number of guanidine groups is 1. The molecule has 0 aliphatic heterocycles. The summed E-state index contributed by atoms with van der Waals surface area (Å²) in [4.78, 5) is 22.8. The molecular formula is C15H29N3O3. The first-order chi connectivity index (χ1) is 11.2. The van der Waals surface area contributed by atoms with Gasteiger partial charge in [0, 0.05) is 17.5 Å². The lowest BCUT2D eigenvalue weighted by molar-refractivity contribution is -0.137. The number of carbonyl (C=O) groups excluding carboxylic acids is 1. The van der Waals surface area contributed by atoms with Crippen LogP contribution in [-0.4, -0.2) is 41.4 Å². The van der Waals surface area contributed by atoms with Crippen LogP contribution in [0.3, 0.4) is 0 Å². The molecule has 0 radical (unpaired) electrons. The van der Waals surface area contributed by atoms with Crippen LogP contribution in [0.5, 0.6) is 0 Å². The molecule has 0 spiro atoms. The average Bonchev–Trinajstić information content (AvgIpc) is 2.46. The summed E-state index contributed by atoms with van der Waals surface area (Å²) in [6.07, 6.45) is 8.86. The molecule has 0 aromatic heterocycles. The van der Waals surface area contributed by atoms with Gasteiger partial charge in [0.1, 0.15) is 6.54 Å². The maximum Gasteiger partial charge on any atom is 0.323 e. The molecule has 3 N–H and O–H groups in total. The Labute approximate surface area is 131 Å². The van der Waals surface area contributed by atoms with Gasteiger partial charge >= 0.3 is 5.97 Å². The third kappa shape index (κ3) is 11.9. The van der Waals surface area contributed by atoms with E-state index in [9.17, 15) is 9.59 Å². The van der Waals surface area contributed by atoms with Crippen molar-refractivity contribution in [1.82, 2.24) is 10.2 Å². The van der Waals surface area contributed by atoms with Crippen molar-refractivity contribution in [2.75, 3.05) is 13.5 Å². The summed E-state index contributed by atoms with van der Waals surface area (Å²) in [5.74, 6) is -2.55. The van der Waals surface area contributed by atoms with Gasteiger partial charge in [0.2, 0.25) is 5.91 Å². The van der Waals surface area contributed by atoms with Crippen molar-refractivity contribution in [2.45, 2.75) is 64.7 Å². The Kier molecular flexibility index (Phi) is 8.32. The van der Waals surface area contributed by atoms with E-state index in [1.54, 1.807) is 0 Å². The number of hydrogen-bond acceptors (Lipinski definition) is 3. The van der Waals surface area contributed by atoms with Crippen LogP contribution in [0, 0.1) is 5.41 Å². The third-order valence-electron chi connectivity index (χ3n) is 3.08. The lowest BCUT2D eigenvalue weighted by atomic mass is 10.1. The highest BCUT2D eigenvalue weighted by Crippen LogP contribution is 2.09. The molecule has 0 aromatic carbocycles. The van der Waals surface area contributed by atoms with Crippen LogP contribution >= 0.6 is 0 Å². The fraction of sp³-hybridized carbons (Fsp3) is 0.800. The quantitative estimate of drug-likeness (QED) is 0.311. The Balaban J connectivity index is 4.03. The van der Waals surface area contributed by atoms with Gasteiger partial charge in [-0.15, -0.1) is 0 Å². The summed E-state index contributed by atoms with van der Waals surface area (Å²) in [6, 6.07) is 0. The molecule has 0 saturated carbocycles. The highest BCUT2D eigenvalue weighted by molar-refractivity contribution is 5.96.